The van der Waals surface area contributed by atoms with Crippen LogP contribution in [0.5, 0.6) is 0 Å². The number of halogens is 1. The van der Waals surface area contributed by atoms with Crippen LogP contribution in [-0.2, 0) is 6.54 Å². The van der Waals surface area contributed by atoms with Gasteiger partial charge in [-0.15, -0.1) is 0 Å². The summed E-state index contributed by atoms with van der Waals surface area (Å²) in [4.78, 5) is 12.2. The summed E-state index contributed by atoms with van der Waals surface area (Å²) in [7, 11) is 0. The molecule has 0 N–H and O–H groups in total. The molecule has 0 aliphatic heterocycles. The van der Waals surface area contributed by atoms with Gasteiger partial charge in [-0.3, -0.25) is 0 Å². The molecule has 0 aliphatic carbocycles. The lowest BCUT2D eigenvalue weighted by Gasteiger charge is -1.97. The van der Waals surface area contributed by atoms with E-state index in [1.807, 2.05) is 4.57 Å². The molecule has 5 heteroatoms. The van der Waals surface area contributed by atoms with Gasteiger partial charge in [-0.1, -0.05) is 30.7 Å². The minimum atomic E-state index is 0.401. The molecule has 2 aromatic rings. The third kappa shape index (κ3) is 1.99. The van der Waals surface area contributed by atoms with Gasteiger partial charge in [0.1, 0.15) is 11.8 Å². The molecule has 2 rings (SSSR count). The molecule has 2 heterocycles. The van der Waals surface area contributed by atoms with Crippen LogP contribution in [0, 0.1) is 0 Å². The van der Waals surface area contributed by atoms with Crippen LogP contribution in [0.15, 0.2) is 24.8 Å². The molecule has 0 atom stereocenters. The smallest absolute Gasteiger partial charge is 0.165 e. The fourth-order valence-electron chi connectivity index (χ4n) is 1.34. The van der Waals surface area contributed by atoms with Gasteiger partial charge in [0.05, 0.1) is 6.33 Å². The van der Waals surface area contributed by atoms with E-state index in [1.54, 1.807) is 6.33 Å². The van der Waals surface area contributed by atoms with Crippen molar-refractivity contribution in [3.05, 3.63) is 30.0 Å². The predicted molar refractivity (Wildman–Crippen MR) is 59.8 cm³/mol. The quantitative estimate of drug-likeness (QED) is 0.592. The summed E-state index contributed by atoms with van der Waals surface area (Å²) in [5.41, 5.74) is 1.43. The van der Waals surface area contributed by atoms with Gasteiger partial charge in [-0.25, -0.2) is 15.0 Å². The van der Waals surface area contributed by atoms with Gasteiger partial charge in [-0.2, -0.15) is 0 Å². The molecule has 15 heavy (non-hydrogen) atoms. The number of fused-ring (bicyclic) bond motifs is 1. The van der Waals surface area contributed by atoms with Crippen LogP contribution in [0.1, 0.15) is 13.3 Å². The molecule has 0 aromatic carbocycles. The maximum atomic E-state index is 5.89. The molecule has 0 unspecified atom stereocenters. The molecule has 0 amide bonds. The number of nitrogens with zero attached hydrogens (tertiary/aromatic N) is 4. The first-order valence-corrected chi connectivity index (χ1v) is 5.17. The number of allylic oxidation sites excluding steroid dienone is 2. The highest BCUT2D eigenvalue weighted by molar-refractivity contribution is 6.33. The third-order valence-corrected chi connectivity index (χ3v) is 2.34. The Labute approximate surface area is 92.6 Å². The van der Waals surface area contributed by atoms with E-state index in [9.17, 15) is 0 Å². The fourth-order valence-corrected chi connectivity index (χ4v) is 1.52. The monoisotopic (exact) mass is 222 g/mol. The van der Waals surface area contributed by atoms with Crippen LogP contribution in [0.2, 0.25) is 5.15 Å². The lowest BCUT2D eigenvalue weighted by atomic mass is 10.4. The van der Waals surface area contributed by atoms with Crippen LogP contribution in [0.4, 0.5) is 0 Å². The zero-order valence-electron chi connectivity index (χ0n) is 8.39. The second-order valence-electron chi connectivity index (χ2n) is 3.11. The molecular formula is C10H11ClN4. The lowest BCUT2D eigenvalue weighted by molar-refractivity contribution is 0.833. The summed E-state index contributed by atoms with van der Waals surface area (Å²) in [6, 6.07) is 0. The van der Waals surface area contributed by atoms with Gasteiger partial charge in [0.25, 0.3) is 0 Å². The van der Waals surface area contributed by atoms with E-state index in [-0.39, 0.29) is 0 Å². The van der Waals surface area contributed by atoms with Crippen LogP contribution in [0.3, 0.4) is 0 Å². The van der Waals surface area contributed by atoms with E-state index < -0.39 is 0 Å². The van der Waals surface area contributed by atoms with Gasteiger partial charge in [0.2, 0.25) is 0 Å². The molecule has 2 aromatic heterocycles. The molecular weight excluding hydrogens is 212 g/mol. The van der Waals surface area contributed by atoms with E-state index in [2.05, 4.69) is 34.0 Å². The van der Waals surface area contributed by atoms with E-state index in [4.69, 9.17) is 11.6 Å². The van der Waals surface area contributed by atoms with Crippen LogP contribution in [-0.4, -0.2) is 19.5 Å². The topological polar surface area (TPSA) is 43.6 Å². The van der Waals surface area contributed by atoms with E-state index in [1.165, 1.54) is 6.33 Å². The largest absolute Gasteiger partial charge is 0.311 e. The highest BCUT2D eigenvalue weighted by Crippen LogP contribution is 2.16. The van der Waals surface area contributed by atoms with Gasteiger partial charge in [-0.05, 0) is 6.42 Å². The zero-order valence-corrected chi connectivity index (χ0v) is 9.15. The highest BCUT2D eigenvalue weighted by Gasteiger charge is 2.06. The molecule has 0 saturated heterocycles. The minimum absolute atomic E-state index is 0.401. The Morgan fingerprint density at radius 1 is 1.33 bits per heavy atom. The third-order valence-electron chi connectivity index (χ3n) is 2.06. The number of hydrogen-bond acceptors (Lipinski definition) is 3. The predicted octanol–water partition coefficient (Wildman–Crippen LogP) is 2.45. The Kier molecular flexibility index (Phi) is 2.97. The normalized spacial score (nSPS) is 11.6. The van der Waals surface area contributed by atoms with Crippen molar-refractivity contribution in [1.82, 2.24) is 19.5 Å². The Morgan fingerprint density at radius 3 is 3.00 bits per heavy atom. The number of imidazole rings is 1. The number of hydrogen-bond donors (Lipinski definition) is 0. The maximum Gasteiger partial charge on any atom is 0.165 e. The first kappa shape index (κ1) is 10.1. The molecule has 0 fully saturated rings. The average Bonchev–Trinajstić information content (AvgIpc) is 2.64. The molecule has 78 valence electrons. The summed E-state index contributed by atoms with van der Waals surface area (Å²) in [5.74, 6) is 0. The van der Waals surface area contributed by atoms with Crippen LogP contribution >= 0.6 is 11.6 Å². The first-order chi connectivity index (χ1) is 7.33. The van der Waals surface area contributed by atoms with Crippen LogP contribution in [0.25, 0.3) is 11.2 Å². The molecule has 0 spiro atoms. The molecule has 0 radical (unpaired) electrons. The minimum Gasteiger partial charge on any atom is -0.311 e. The Morgan fingerprint density at radius 2 is 2.20 bits per heavy atom. The van der Waals surface area contributed by atoms with Crippen LogP contribution < -0.4 is 0 Å². The number of rotatable bonds is 3. The molecule has 0 aliphatic rings. The highest BCUT2D eigenvalue weighted by atomic mass is 35.5. The standard InChI is InChI=1S/C10H11ClN4/c1-2-3-4-5-15-7-14-8-9(11)12-6-13-10(8)15/h3-4,6-7H,2,5H2,1H3/b4-3+. The first-order valence-electron chi connectivity index (χ1n) is 4.79. The molecule has 4 nitrogen and oxygen atoms in total. The Hall–Kier alpha value is -1.42. The van der Waals surface area contributed by atoms with Crippen molar-refractivity contribution in [3.63, 3.8) is 0 Å². The Balaban J connectivity index is 2.37. The van der Waals surface area contributed by atoms with Crippen molar-refractivity contribution >= 4 is 22.8 Å². The summed E-state index contributed by atoms with van der Waals surface area (Å²) in [6.45, 7) is 2.86. The van der Waals surface area contributed by atoms with E-state index >= 15 is 0 Å². The SMILES string of the molecule is CC/C=C/Cn1cnc2c(Cl)ncnc21. The summed E-state index contributed by atoms with van der Waals surface area (Å²) in [6.07, 6.45) is 8.39. The van der Waals surface area contributed by atoms with Crippen molar-refractivity contribution < 1.29 is 0 Å². The molecule has 0 bridgehead atoms. The average molecular weight is 223 g/mol. The number of aromatic nitrogens is 4. The van der Waals surface area contributed by atoms with Crippen molar-refractivity contribution in [3.8, 4) is 0 Å². The fraction of sp³-hybridized carbons (Fsp3) is 0.300. The maximum absolute atomic E-state index is 5.89. The van der Waals surface area contributed by atoms with Crippen molar-refractivity contribution in [2.45, 2.75) is 19.9 Å². The van der Waals surface area contributed by atoms with Gasteiger partial charge in [0.15, 0.2) is 10.8 Å². The second kappa shape index (κ2) is 4.40. The zero-order chi connectivity index (χ0) is 10.7. The Bertz CT molecular complexity index is 489. The lowest BCUT2D eigenvalue weighted by Crippen LogP contribution is -1.94. The van der Waals surface area contributed by atoms with E-state index in [0.29, 0.717) is 10.7 Å². The van der Waals surface area contributed by atoms with Crippen molar-refractivity contribution in [2.24, 2.45) is 0 Å². The summed E-state index contributed by atoms with van der Waals surface area (Å²) in [5, 5.41) is 0.401. The van der Waals surface area contributed by atoms with Gasteiger partial charge in [0, 0.05) is 6.54 Å². The van der Waals surface area contributed by atoms with Crippen molar-refractivity contribution in [1.29, 1.82) is 0 Å². The molecule has 0 saturated carbocycles. The van der Waals surface area contributed by atoms with E-state index in [0.717, 1.165) is 18.6 Å². The summed E-state index contributed by atoms with van der Waals surface area (Å²) >= 11 is 5.89. The second-order valence-corrected chi connectivity index (χ2v) is 3.47. The summed E-state index contributed by atoms with van der Waals surface area (Å²) < 4.78 is 1.94. The van der Waals surface area contributed by atoms with Gasteiger partial charge < -0.3 is 4.57 Å². The van der Waals surface area contributed by atoms with Crippen molar-refractivity contribution in [2.75, 3.05) is 0 Å². The van der Waals surface area contributed by atoms with Gasteiger partial charge >= 0.3 is 0 Å².